The van der Waals surface area contributed by atoms with E-state index in [2.05, 4.69) is 5.92 Å². The molecule has 0 aliphatic heterocycles. The molecule has 0 amide bonds. The number of carbonyl (C=O) groups is 2. The van der Waals surface area contributed by atoms with Crippen LogP contribution in [0.5, 0.6) is 0 Å². The molecule has 0 heterocycles. The highest BCUT2D eigenvalue weighted by atomic mass is 16.1. The monoisotopic (exact) mass is 314 g/mol. The van der Waals surface area contributed by atoms with Gasteiger partial charge in [0.1, 0.15) is 0 Å². The Morgan fingerprint density at radius 1 is 1.08 bits per heavy atom. The molecule has 1 aliphatic carbocycles. The first-order chi connectivity index (χ1) is 11.7. The highest BCUT2D eigenvalue weighted by molar-refractivity contribution is 6.02. The van der Waals surface area contributed by atoms with Crippen LogP contribution in [-0.4, -0.2) is 11.6 Å². The zero-order valence-electron chi connectivity index (χ0n) is 13.4. The van der Waals surface area contributed by atoms with Crippen LogP contribution in [0.1, 0.15) is 46.7 Å². The summed E-state index contributed by atoms with van der Waals surface area (Å²) in [4.78, 5) is 24.9. The fourth-order valence-corrected chi connectivity index (χ4v) is 3.10. The van der Waals surface area contributed by atoms with Crippen LogP contribution in [0.4, 0.5) is 0 Å². The van der Waals surface area contributed by atoms with Crippen LogP contribution in [0.25, 0.3) is 0 Å². The zero-order valence-corrected chi connectivity index (χ0v) is 13.4. The van der Waals surface area contributed by atoms with Crippen LogP contribution >= 0.6 is 0 Å². The Bertz CT molecular complexity index is 821. The molecule has 2 nitrogen and oxygen atoms in total. The summed E-state index contributed by atoms with van der Waals surface area (Å²) >= 11 is 0. The van der Waals surface area contributed by atoms with Crippen molar-refractivity contribution in [2.24, 2.45) is 0 Å². The van der Waals surface area contributed by atoms with E-state index < -0.39 is 0 Å². The summed E-state index contributed by atoms with van der Waals surface area (Å²) in [5, 5.41) is 0. The molecule has 1 unspecified atom stereocenters. The molecule has 0 saturated carbocycles. The molecule has 0 bridgehead atoms. The number of rotatable bonds is 5. The third-order valence-electron chi connectivity index (χ3n) is 4.40. The van der Waals surface area contributed by atoms with Crippen molar-refractivity contribution >= 4 is 11.6 Å². The SMILES string of the molecule is C#Cc1ccc(C(=O)CC(C2=CCCC2=O)c2ccccc2)cc1. The first kappa shape index (κ1) is 16.0. The highest BCUT2D eigenvalue weighted by Gasteiger charge is 2.27. The fraction of sp³-hybridized carbons (Fsp3) is 0.182. The number of Topliss-reactive ketones (excluding diaryl/α,β-unsaturated/α-hetero) is 2. The smallest absolute Gasteiger partial charge is 0.163 e. The van der Waals surface area contributed by atoms with Gasteiger partial charge in [0.05, 0.1) is 0 Å². The lowest BCUT2D eigenvalue weighted by Crippen LogP contribution is -2.13. The molecule has 3 rings (SSSR count). The molecule has 2 aromatic rings. The largest absolute Gasteiger partial charge is 0.295 e. The molecule has 0 fully saturated rings. The molecular formula is C22H18O2. The molecule has 1 aliphatic rings. The van der Waals surface area contributed by atoms with E-state index in [-0.39, 0.29) is 23.9 Å². The Balaban J connectivity index is 1.87. The van der Waals surface area contributed by atoms with Crippen LogP contribution in [0.15, 0.2) is 66.2 Å². The van der Waals surface area contributed by atoms with Gasteiger partial charge in [0.2, 0.25) is 0 Å². The normalized spacial score (nSPS) is 14.8. The maximum atomic E-state index is 12.7. The van der Waals surface area contributed by atoms with Gasteiger partial charge in [0.15, 0.2) is 11.6 Å². The Labute approximate surface area is 142 Å². The second-order valence-electron chi connectivity index (χ2n) is 5.93. The number of ketones is 2. The van der Waals surface area contributed by atoms with Gasteiger partial charge >= 0.3 is 0 Å². The lowest BCUT2D eigenvalue weighted by Gasteiger charge is -2.17. The van der Waals surface area contributed by atoms with E-state index in [1.807, 2.05) is 36.4 Å². The molecule has 2 heteroatoms. The topological polar surface area (TPSA) is 34.1 Å². The maximum Gasteiger partial charge on any atom is 0.163 e. The summed E-state index contributed by atoms with van der Waals surface area (Å²) in [6, 6.07) is 16.8. The Morgan fingerprint density at radius 3 is 2.38 bits per heavy atom. The molecule has 0 N–H and O–H groups in total. The molecule has 2 aromatic carbocycles. The first-order valence-electron chi connectivity index (χ1n) is 8.07. The minimum atomic E-state index is -0.180. The van der Waals surface area contributed by atoms with Crippen molar-refractivity contribution in [3.05, 3.63) is 82.9 Å². The molecule has 0 radical (unpaired) electrons. The number of terminal acetylenes is 1. The lowest BCUT2D eigenvalue weighted by atomic mass is 9.84. The van der Waals surface area contributed by atoms with Crippen molar-refractivity contribution in [1.82, 2.24) is 0 Å². The molecule has 118 valence electrons. The standard InChI is InChI=1S/C22H18O2/c1-2-16-11-13-18(14-12-16)22(24)15-20(17-7-4-3-5-8-17)19-9-6-10-21(19)23/h1,3-5,7-9,11-14,20H,6,10,15H2. The number of allylic oxidation sites excluding steroid dienone is 2. The summed E-state index contributed by atoms with van der Waals surface area (Å²) in [7, 11) is 0. The zero-order chi connectivity index (χ0) is 16.9. The molecule has 0 aromatic heterocycles. The van der Waals surface area contributed by atoms with E-state index in [9.17, 15) is 9.59 Å². The molecule has 0 saturated heterocycles. The van der Waals surface area contributed by atoms with Gasteiger partial charge in [-0.15, -0.1) is 6.42 Å². The summed E-state index contributed by atoms with van der Waals surface area (Å²) in [5.74, 6) is 2.54. The minimum Gasteiger partial charge on any atom is -0.295 e. The quantitative estimate of drug-likeness (QED) is 0.608. The second-order valence-corrected chi connectivity index (χ2v) is 5.93. The summed E-state index contributed by atoms with van der Waals surface area (Å²) in [6.07, 6.45) is 8.93. The van der Waals surface area contributed by atoms with E-state index >= 15 is 0 Å². The molecule has 0 spiro atoms. The van der Waals surface area contributed by atoms with Crippen LogP contribution in [0.2, 0.25) is 0 Å². The van der Waals surface area contributed by atoms with E-state index in [1.54, 1.807) is 24.3 Å². The van der Waals surface area contributed by atoms with Gasteiger partial charge in [0.25, 0.3) is 0 Å². The summed E-state index contributed by atoms with van der Waals surface area (Å²) in [6.45, 7) is 0. The first-order valence-corrected chi connectivity index (χ1v) is 8.07. The molecule has 24 heavy (non-hydrogen) atoms. The molecular weight excluding hydrogens is 296 g/mol. The van der Waals surface area contributed by atoms with Gasteiger partial charge in [0, 0.05) is 29.9 Å². The summed E-state index contributed by atoms with van der Waals surface area (Å²) in [5.41, 5.74) is 3.16. The third-order valence-corrected chi connectivity index (χ3v) is 4.40. The van der Waals surface area contributed by atoms with Gasteiger partial charge in [-0.2, -0.15) is 0 Å². The predicted molar refractivity (Wildman–Crippen MR) is 94.8 cm³/mol. The lowest BCUT2D eigenvalue weighted by molar-refractivity contribution is -0.115. The van der Waals surface area contributed by atoms with Crippen LogP contribution < -0.4 is 0 Å². The number of carbonyl (C=O) groups excluding carboxylic acids is 2. The minimum absolute atomic E-state index is 0.0213. The maximum absolute atomic E-state index is 12.7. The second kappa shape index (κ2) is 7.10. The number of hydrogen-bond donors (Lipinski definition) is 0. The molecule has 1 atom stereocenters. The van der Waals surface area contributed by atoms with E-state index in [1.165, 1.54) is 0 Å². The summed E-state index contributed by atoms with van der Waals surface area (Å²) < 4.78 is 0. The van der Waals surface area contributed by atoms with Crippen molar-refractivity contribution in [1.29, 1.82) is 0 Å². The van der Waals surface area contributed by atoms with Gasteiger partial charge in [-0.25, -0.2) is 0 Å². The average molecular weight is 314 g/mol. The van der Waals surface area contributed by atoms with E-state index in [4.69, 9.17) is 6.42 Å². The Hall–Kier alpha value is -2.92. The third kappa shape index (κ3) is 3.36. The van der Waals surface area contributed by atoms with Crippen molar-refractivity contribution in [2.75, 3.05) is 0 Å². The fourth-order valence-electron chi connectivity index (χ4n) is 3.10. The van der Waals surface area contributed by atoms with Crippen LogP contribution in [-0.2, 0) is 4.79 Å². The van der Waals surface area contributed by atoms with E-state index in [0.717, 1.165) is 23.1 Å². The van der Waals surface area contributed by atoms with Gasteiger partial charge in [-0.1, -0.05) is 54.5 Å². The van der Waals surface area contributed by atoms with Gasteiger partial charge in [-0.05, 0) is 29.7 Å². The number of hydrogen-bond acceptors (Lipinski definition) is 2. The van der Waals surface area contributed by atoms with Crippen molar-refractivity contribution in [3.63, 3.8) is 0 Å². The van der Waals surface area contributed by atoms with Crippen molar-refractivity contribution in [3.8, 4) is 12.3 Å². The van der Waals surface area contributed by atoms with Crippen LogP contribution in [0.3, 0.4) is 0 Å². The average Bonchev–Trinajstić information content (AvgIpc) is 3.06. The van der Waals surface area contributed by atoms with Gasteiger partial charge in [-0.3, -0.25) is 9.59 Å². The van der Waals surface area contributed by atoms with Crippen molar-refractivity contribution in [2.45, 2.75) is 25.2 Å². The highest BCUT2D eigenvalue weighted by Crippen LogP contribution is 2.34. The predicted octanol–water partition coefficient (Wildman–Crippen LogP) is 4.31. The van der Waals surface area contributed by atoms with E-state index in [0.29, 0.717) is 12.0 Å². The van der Waals surface area contributed by atoms with Crippen molar-refractivity contribution < 1.29 is 9.59 Å². The Morgan fingerprint density at radius 2 is 1.79 bits per heavy atom. The number of benzene rings is 2. The van der Waals surface area contributed by atoms with Gasteiger partial charge < -0.3 is 0 Å². The van der Waals surface area contributed by atoms with Crippen LogP contribution in [0, 0.1) is 12.3 Å². The Kier molecular flexibility index (Phi) is 4.72.